The summed E-state index contributed by atoms with van der Waals surface area (Å²) < 4.78 is 4.78. The molecule has 4 heteroatoms. The Morgan fingerprint density at radius 1 is 1.50 bits per heavy atom. The van der Waals surface area contributed by atoms with E-state index in [1.54, 1.807) is 13.0 Å². The number of hydrogen-bond donors (Lipinski definition) is 1. The molecule has 0 bridgehead atoms. The molecule has 1 aromatic carbocycles. The normalized spacial score (nSPS) is 12.6. The molecule has 0 saturated carbocycles. The predicted octanol–water partition coefficient (Wildman–Crippen LogP) is 3.11. The van der Waals surface area contributed by atoms with Gasteiger partial charge in [0.05, 0.1) is 6.61 Å². The van der Waals surface area contributed by atoms with Crippen LogP contribution in [0.4, 0.5) is 0 Å². The van der Waals surface area contributed by atoms with Crippen LogP contribution in [0.1, 0.15) is 25.5 Å². The first-order valence-electron chi connectivity index (χ1n) is 5.96. The van der Waals surface area contributed by atoms with Crippen molar-refractivity contribution in [3.05, 3.63) is 47.0 Å². The first-order valence-corrected chi connectivity index (χ1v) is 6.34. The Kier molecular flexibility index (Phi) is 6.47. The lowest BCUT2D eigenvalue weighted by molar-refractivity contribution is -0.137. The summed E-state index contributed by atoms with van der Waals surface area (Å²) in [4.78, 5) is 11.1. The summed E-state index contributed by atoms with van der Waals surface area (Å²) in [6.07, 6.45) is 3.17. The molecule has 18 heavy (non-hydrogen) atoms. The smallest absolute Gasteiger partial charge is 0.330 e. The van der Waals surface area contributed by atoms with Crippen LogP contribution in [0.25, 0.3) is 0 Å². The van der Waals surface area contributed by atoms with E-state index in [0.717, 1.165) is 10.6 Å². The van der Waals surface area contributed by atoms with Gasteiger partial charge in [-0.15, -0.1) is 0 Å². The highest BCUT2D eigenvalue weighted by atomic mass is 35.5. The van der Waals surface area contributed by atoms with E-state index in [1.165, 1.54) is 6.08 Å². The van der Waals surface area contributed by atoms with Crippen LogP contribution in [-0.2, 0) is 9.53 Å². The van der Waals surface area contributed by atoms with E-state index in [2.05, 4.69) is 5.32 Å². The maximum Gasteiger partial charge on any atom is 0.330 e. The van der Waals surface area contributed by atoms with Crippen molar-refractivity contribution in [3.63, 3.8) is 0 Å². The zero-order valence-corrected chi connectivity index (χ0v) is 11.4. The highest BCUT2D eigenvalue weighted by Gasteiger charge is 2.06. The topological polar surface area (TPSA) is 38.3 Å². The van der Waals surface area contributed by atoms with Gasteiger partial charge < -0.3 is 10.1 Å². The van der Waals surface area contributed by atoms with Crippen molar-refractivity contribution >= 4 is 17.6 Å². The molecule has 0 saturated heterocycles. The van der Waals surface area contributed by atoms with E-state index < -0.39 is 0 Å². The van der Waals surface area contributed by atoms with Crippen LogP contribution in [0.3, 0.4) is 0 Å². The van der Waals surface area contributed by atoms with Crippen LogP contribution in [0.2, 0.25) is 5.02 Å². The number of rotatable bonds is 6. The number of nitrogens with one attached hydrogen (secondary N) is 1. The van der Waals surface area contributed by atoms with Gasteiger partial charge in [0.2, 0.25) is 0 Å². The van der Waals surface area contributed by atoms with Crippen molar-refractivity contribution in [2.75, 3.05) is 13.2 Å². The molecule has 0 aliphatic heterocycles. The monoisotopic (exact) mass is 267 g/mol. The summed E-state index contributed by atoms with van der Waals surface area (Å²) in [6, 6.07) is 7.83. The molecule has 0 heterocycles. The number of ether oxygens (including phenoxy) is 1. The van der Waals surface area contributed by atoms with Gasteiger partial charge in [0.1, 0.15) is 0 Å². The number of hydrogen-bond acceptors (Lipinski definition) is 3. The molecule has 1 N–H and O–H groups in total. The summed E-state index contributed by atoms with van der Waals surface area (Å²) in [5, 5.41) is 4.00. The first-order chi connectivity index (χ1) is 8.65. The van der Waals surface area contributed by atoms with E-state index in [9.17, 15) is 4.79 Å². The van der Waals surface area contributed by atoms with Gasteiger partial charge in [-0.05, 0) is 25.5 Å². The van der Waals surface area contributed by atoms with Crippen LogP contribution in [0, 0.1) is 0 Å². The minimum absolute atomic E-state index is 0.130. The molecule has 1 atom stereocenters. The highest BCUT2D eigenvalue weighted by molar-refractivity contribution is 6.31. The zero-order chi connectivity index (χ0) is 13.4. The van der Waals surface area contributed by atoms with Crippen molar-refractivity contribution in [1.82, 2.24) is 5.32 Å². The Morgan fingerprint density at radius 2 is 2.22 bits per heavy atom. The summed E-state index contributed by atoms with van der Waals surface area (Å²) in [6.45, 7) is 4.79. The van der Waals surface area contributed by atoms with Gasteiger partial charge in [-0.2, -0.15) is 0 Å². The summed E-state index contributed by atoms with van der Waals surface area (Å²) in [7, 11) is 0. The van der Waals surface area contributed by atoms with Crippen LogP contribution >= 0.6 is 11.6 Å². The Morgan fingerprint density at radius 3 is 2.89 bits per heavy atom. The summed E-state index contributed by atoms with van der Waals surface area (Å²) >= 11 is 6.09. The molecule has 0 aromatic heterocycles. The average molecular weight is 268 g/mol. The molecule has 0 fully saturated rings. The maximum absolute atomic E-state index is 11.1. The van der Waals surface area contributed by atoms with E-state index in [1.807, 2.05) is 31.2 Å². The van der Waals surface area contributed by atoms with Gasteiger partial charge >= 0.3 is 5.97 Å². The largest absolute Gasteiger partial charge is 0.463 e. The number of carbonyl (C=O) groups is 1. The third kappa shape index (κ3) is 4.90. The minimum atomic E-state index is -0.315. The molecule has 0 spiro atoms. The molecule has 0 radical (unpaired) electrons. The fourth-order valence-corrected chi connectivity index (χ4v) is 1.83. The Balaban J connectivity index is 2.40. The quantitative estimate of drug-likeness (QED) is 0.636. The highest BCUT2D eigenvalue weighted by Crippen LogP contribution is 2.21. The SMILES string of the molecule is CCOC(=O)/C=C/CN[C@@H](C)c1ccccc1Cl. The van der Waals surface area contributed by atoms with E-state index in [0.29, 0.717) is 13.2 Å². The minimum Gasteiger partial charge on any atom is -0.463 e. The molecule has 1 rings (SSSR count). The average Bonchev–Trinajstić information content (AvgIpc) is 2.35. The van der Waals surface area contributed by atoms with Crippen LogP contribution < -0.4 is 5.32 Å². The number of esters is 1. The van der Waals surface area contributed by atoms with Crippen molar-refractivity contribution in [2.45, 2.75) is 19.9 Å². The maximum atomic E-state index is 11.1. The second-order valence-electron chi connectivity index (χ2n) is 3.81. The molecule has 98 valence electrons. The molecule has 0 unspecified atom stereocenters. The number of carbonyl (C=O) groups excluding carboxylic acids is 1. The standard InChI is InChI=1S/C14H18ClNO2/c1-3-18-14(17)9-6-10-16-11(2)12-7-4-5-8-13(12)15/h4-9,11,16H,3,10H2,1-2H3/b9-6+/t11-/m0/s1. The third-order valence-corrected chi connectivity index (χ3v) is 2.80. The third-order valence-electron chi connectivity index (χ3n) is 2.45. The lowest BCUT2D eigenvalue weighted by Gasteiger charge is -2.14. The number of halogens is 1. The van der Waals surface area contributed by atoms with Gasteiger partial charge in [-0.3, -0.25) is 0 Å². The van der Waals surface area contributed by atoms with Gasteiger partial charge in [-0.25, -0.2) is 4.79 Å². The summed E-state index contributed by atoms with van der Waals surface area (Å²) in [5.41, 5.74) is 1.05. The van der Waals surface area contributed by atoms with Crippen molar-refractivity contribution < 1.29 is 9.53 Å². The Labute approximate surface area is 113 Å². The predicted molar refractivity (Wildman–Crippen MR) is 73.6 cm³/mol. The Bertz CT molecular complexity index is 418. The second-order valence-corrected chi connectivity index (χ2v) is 4.21. The summed E-state index contributed by atoms with van der Waals surface area (Å²) in [5.74, 6) is -0.315. The molecule has 0 aliphatic carbocycles. The van der Waals surface area contributed by atoms with Crippen molar-refractivity contribution in [2.24, 2.45) is 0 Å². The second kappa shape index (κ2) is 7.90. The molecule has 3 nitrogen and oxygen atoms in total. The molecule has 1 aromatic rings. The fraction of sp³-hybridized carbons (Fsp3) is 0.357. The van der Waals surface area contributed by atoms with Crippen LogP contribution in [-0.4, -0.2) is 19.1 Å². The molecular weight excluding hydrogens is 250 g/mol. The van der Waals surface area contributed by atoms with Crippen molar-refractivity contribution in [1.29, 1.82) is 0 Å². The lowest BCUT2D eigenvalue weighted by Crippen LogP contribution is -2.19. The molecule has 0 amide bonds. The zero-order valence-electron chi connectivity index (χ0n) is 10.7. The Hall–Kier alpha value is -1.32. The van der Waals surface area contributed by atoms with Gasteiger partial charge in [0, 0.05) is 23.7 Å². The van der Waals surface area contributed by atoms with E-state index in [4.69, 9.17) is 16.3 Å². The van der Waals surface area contributed by atoms with Gasteiger partial charge in [0.25, 0.3) is 0 Å². The van der Waals surface area contributed by atoms with Crippen LogP contribution in [0.15, 0.2) is 36.4 Å². The van der Waals surface area contributed by atoms with Gasteiger partial charge in [-0.1, -0.05) is 35.9 Å². The molecule has 0 aliphatic rings. The van der Waals surface area contributed by atoms with Crippen molar-refractivity contribution in [3.8, 4) is 0 Å². The number of benzene rings is 1. The van der Waals surface area contributed by atoms with E-state index in [-0.39, 0.29) is 12.0 Å². The molecular formula is C14H18ClNO2. The van der Waals surface area contributed by atoms with Crippen LogP contribution in [0.5, 0.6) is 0 Å². The van der Waals surface area contributed by atoms with E-state index >= 15 is 0 Å². The van der Waals surface area contributed by atoms with Gasteiger partial charge in [0.15, 0.2) is 0 Å². The fourth-order valence-electron chi connectivity index (χ4n) is 1.53. The first kappa shape index (κ1) is 14.7. The lowest BCUT2D eigenvalue weighted by atomic mass is 10.1.